The second kappa shape index (κ2) is 4.94. The van der Waals surface area contributed by atoms with Gasteiger partial charge in [0.25, 0.3) is 5.92 Å². The van der Waals surface area contributed by atoms with E-state index in [1.165, 1.54) is 0 Å². The van der Waals surface area contributed by atoms with Gasteiger partial charge in [0.1, 0.15) is 0 Å². The fourth-order valence-corrected chi connectivity index (χ4v) is 1.88. The van der Waals surface area contributed by atoms with Crippen molar-refractivity contribution in [2.75, 3.05) is 0 Å². The lowest BCUT2D eigenvalue weighted by atomic mass is 9.93. The summed E-state index contributed by atoms with van der Waals surface area (Å²) in [5.74, 6) is -2.35. The molecule has 0 nitrogen and oxygen atoms in total. The summed E-state index contributed by atoms with van der Waals surface area (Å²) in [7, 11) is 0. The fraction of sp³-hybridized carbons (Fsp3) is 0.571. The van der Waals surface area contributed by atoms with E-state index in [1.54, 1.807) is 6.07 Å². The molecule has 2 heteroatoms. The highest BCUT2D eigenvalue weighted by Crippen LogP contribution is 2.32. The summed E-state index contributed by atoms with van der Waals surface area (Å²) in [5, 5.41) is 0. The van der Waals surface area contributed by atoms with E-state index in [-0.39, 0.29) is 5.56 Å². The first-order chi connectivity index (χ1) is 7.36. The van der Waals surface area contributed by atoms with Crippen LogP contribution < -0.4 is 0 Å². The van der Waals surface area contributed by atoms with Crippen LogP contribution in [0.4, 0.5) is 8.78 Å². The molecule has 0 radical (unpaired) electrons. The van der Waals surface area contributed by atoms with Crippen molar-refractivity contribution in [1.29, 1.82) is 0 Å². The van der Waals surface area contributed by atoms with Gasteiger partial charge in [-0.3, -0.25) is 0 Å². The highest BCUT2D eigenvalue weighted by Gasteiger charge is 2.27. The first-order valence-corrected chi connectivity index (χ1v) is 5.87. The summed E-state index contributed by atoms with van der Waals surface area (Å²) in [4.78, 5) is 0. The Morgan fingerprint density at radius 2 is 1.88 bits per heavy atom. The third kappa shape index (κ3) is 3.03. The molecule has 90 valence electrons. The van der Waals surface area contributed by atoms with Crippen LogP contribution >= 0.6 is 0 Å². The summed E-state index contributed by atoms with van der Waals surface area (Å²) >= 11 is 0. The van der Waals surface area contributed by atoms with Crippen LogP contribution in [0.1, 0.15) is 56.7 Å². The monoisotopic (exact) mass is 226 g/mol. The SMILES string of the molecule is CCCc1cc(C(C)C)ccc1C(C)(F)F. The molecule has 0 heterocycles. The highest BCUT2D eigenvalue weighted by molar-refractivity contribution is 5.36. The molecule has 0 aliphatic rings. The number of rotatable bonds is 4. The minimum atomic E-state index is -2.74. The Kier molecular flexibility index (Phi) is 4.06. The number of alkyl halides is 2. The van der Waals surface area contributed by atoms with Crippen LogP contribution in [-0.4, -0.2) is 0 Å². The van der Waals surface area contributed by atoms with Gasteiger partial charge in [-0.1, -0.05) is 45.4 Å². The van der Waals surface area contributed by atoms with Crippen molar-refractivity contribution in [1.82, 2.24) is 0 Å². The predicted octanol–water partition coefficient (Wildman–Crippen LogP) is 4.87. The van der Waals surface area contributed by atoms with Gasteiger partial charge < -0.3 is 0 Å². The van der Waals surface area contributed by atoms with Crippen LogP contribution in [0.15, 0.2) is 18.2 Å². The number of hydrogen-bond donors (Lipinski definition) is 0. The van der Waals surface area contributed by atoms with Gasteiger partial charge in [0.05, 0.1) is 0 Å². The van der Waals surface area contributed by atoms with Crippen LogP contribution in [0.2, 0.25) is 0 Å². The van der Waals surface area contributed by atoms with E-state index < -0.39 is 5.92 Å². The molecule has 0 fully saturated rings. The molecular weight excluding hydrogens is 206 g/mol. The van der Waals surface area contributed by atoms with Crippen LogP contribution in [-0.2, 0) is 12.3 Å². The van der Waals surface area contributed by atoms with E-state index in [1.807, 2.05) is 19.1 Å². The smallest absolute Gasteiger partial charge is 0.202 e. The maximum atomic E-state index is 13.4. The number of aryl methyl sites for hydroxylation is 1. The Balaban J connectivity index is 3.19. The zero-order valence-corrected chi connectivity index (χ0v) is 10.5. The molecular formula is C14H20F2. The minimum absolute atomic E-state index is 0.179. The van der Waals surface area contributed by atoms with E-state index in [0.717, 1.165) is 30.9 Å². The van der Waals surface area contributed by atoms with E-state index in [9.17, 15) is 8.78 Å². The molecule has 1 rings (SSSR count). The fourth-order valence-electron chi connectivity index (χ4n) is 1.88. The van der Waals surface area contributed by atoms with Gasteiger partial charge >= 0.3 is 0 Å². The summed E-state index contributed by atoms with van der Waals surface area (Å²) < 4.78 is 26.7. The first-order valence-electron chi connectivity index (χ1n) is 5.87. The molecule has 0 spiro atoms. The zero-order valence-electron chi connectivity index (χ0n) is 10.5. The van der Waals surface area contributed by atoms with Crippen LogP contribution in [0.3, 0.4) is 0 Å². The Morgan fingerprint density at radius 1 is 1.25 bits per heavy atom. The van der Waals surface area contributed by atoms with Crippen molar-refractivity contribution in [2.24, 2.45) is 0 Å². The van der Waals surface area contributed by atoms with Crippen molar-refractivity contribution >= 4 is 0 Å². The summed E-state index contributed by atoms with van der Waals surface area (Å²) in [6.45, 7) is 7.14. The van der Waals surface area contributed by atoms with E-state index >= 15 is 0 Å². The summed E-state index contributed by atoms with van der Waals surface area (Å²) in [6, 6.07) is 5.33. The molecule has 0 saturated heterocycles. The van der Waals surface area contributed by atoms with Crippen LogP contribution in [0, 0.1) is 0 Å². The first kappa shape index (κ1) is 13.1. The molecule has 0 unspecified atom stereocenters. The second-order valence-electron chi connectivity index (χ2n) is 4.71. The largest absolute Gasteiger partial charge is 0.270 e. The maximum absolute atomic E-state index is 13.4. The van der Waals surface area contributed by atoms with Crippen molar-refractivity contribution in [3.05, 3.63) is 34.9 Å². The third-order valence-corrected chi connectivity index (χ3v) is 2.79. The average molecular weight is 226 g/mol. The average Bonchev–Trinajstić information content (AvgIpc) is 2.16. The Hall–Kier alpha value is -0.920. The standard InChI is InChI=1S/C14H20F2/c1-5-6-12-9-11(10(2)3)7-8-13(12)14(4,15)16/h7-10H,5-6H2,1-4H3. The molecule has 0 bridgehead atoms. The third-order valence-electron chi connectivity index (χ3n) is 2.79. The lowest BCUT2D eigenvalue weighted by Gasteiger charge is -2.18. The second-order valence-corrected chi connectivity index (χ2v) is 4.71. The quantitative estimate of drug-likeness (QED) is 0.686. The predicted molar refractivity (Wildman–Crippen MR) is 64.1 cm³/mol. The van der Waals surface area contributed by atoms with Gasteiger partial charge in [-0.2, -0.15) is 0 Å². The minimum Gasteiger partial charge on any atom is -0.202 e. The molecule has 0 aliphatic heterocycles. The van der Waals surface area contributed by atoms with Crippen molar-refractivity contribution in [3.63, 3.8) is 0 Å². The summed E-state index contributed by atoms with van der Waals surface area (Å²) in [6.07, 6.45) is 1.62. The van der Waals surface area contributed by atoms with Gasteiger partial charge in [0, 0.05) is 12.5 Å². The molecule has 0 aliphatic carbocycles. The number of benzene rings is 1. The zero-order chi connectivity index (χ0) is 12.3. The van der Waals surface area contributed by atoms with Gasteiger partial charge in [-0.15, -0.1) is 0 Å². The maximum Gasteiger partial charge on any atom is 0.270 e. The molecule has 0 saturated carbocycles. The lowest BCUT2D eigenvalue weighted by molar-refractivity contribution is 0.0165. The number of halogens is 2. The summed E-state index contributed by atoms with van der Waals surface area (Å²) in [5.41, 5.74) is 2.11. The molecule has 0 aromatic heterocycles. The molecule has 0 amide bonds. The van der Waals surface area contributed by atoms with E-state index in [4.69, 9.17) is 0 Å². The van der Waals surface area contributed by atoms with Crippen LogP contribution in [0.5, 0.6) is 0 Å². The van der Waals surface area contributed by atoms with Crippen molar-refractivity contribution in [3.8, 4) is 0 Å². The molecule has 16 heavy (non-hydrogen) atoms. The van der Waals surface area contributed by atoms with Gasteiger partial charge in [-0.25, -0.2) is 8.78 Å². The number of hydrogen-bond acceptors (Lipinski definition) is 0. The Bertz CT molecular complexity index is 348. The Labute approximate surface area is 96.7 Å². The van der Waals surface area contributed by atoms with Gasteiger partial charge in [-0.05, 0) is 23.5 Å². The van der Waals surface area contributed by atoms with E-state index in [2.05, 4.69) is 13.8 Å². The van der Waals surface area contributed by atoms with E-state index in [0.29, 0.717) is 5.92 Å². The molecule has 1 aromatic rings. The topological polar surface area (TPSA) is 0 Å². The van der Waals surface area contributed by atoms with Gasteiger partial charge in [0.15, 0.2) is 0 Å². The van der Waals surface area contributed by atoms with Gasteiger partial charge in [0.2, 0.25) is 0 Å². The van der Waals surface area contributed by atoms with Crippen LogP contribution in [0.25, 0.3) is 0 Å². The Morgan fingerprint density at radius 3 is 2.31 bits per heavy atom. The highest BCUT2D eigenvalue weighted by atomic mass is 19.3. The molecule has 1 aromatic carbocycles. The molecule has 0 atom stereocenters. The van der Waals surface area contributed by atoms with Crippen molar-refractivity contribution < 1.29 is 8.78 Å². The lowest BCUT2D eigenvalue weighted by Crippen LogP contribution is -2.11. The van der Waals surface area contributed by atoms with Crippen molar-refractivity contribution in [2.45, 2.75) is 52.4 Å². The molecule has 0 N–H and O–H groups in total. The normalized spacial score (nSPS) is 12.2.